The number of likely N-dealkylation sites (tertiary alicyclic amines) is 1. The van der Waals surface area contributed by atoms with Crippen LogP contribution < -0.4 is 0 Å². The Balaban J connectivity index is 1.59. The zero-order chi connectivity index (χ0) is 18.6. The molecule has 1 amide bonds. The maximum atomic E-state index is 13.1. The predicted octanol–water partition coefficient (Wildman–Crippen LogP) is 4.08. The van der Waals surface area contributed by atoms with Crippen LogP contribution in [0.25, 0.3) is 11.1 Å². The molecule has 1 fully saturated rings. The van der Waals surface area contributed by atoms with Crippen LogP contribution in [0.1, 0.15) is 42.1 Å². The average Bonchev–Trinajstić information content (AvgIpc) is 3.20. The molecule has 0 saturated carbocycles. The number of carbonyl (C=O) groups is 1. The lowest BCUT2D eigenvalue weighted by Crippen LogP contribution is -2.39. The predicted molar refractivity (Wildman–Crippen MR) is 105 cm³/mol. The second kappa shape index (κ2) is 7.74. The summed E-state index contributed by atoms with van der Waals surface area (Å²) in [5, 5.41) is 7.44. The lowest BCUT2D eigenvalue weighted by Gasteiger charge is -2.36. The minimum atomic E-state index is 0.0439. The second-order valence-electron chi connectivity index (χ2n) is 7.19. The van der Waals surface area contributed by atoms with Crippen molar-refractivity contribution >= 4 is 5.91 Å². The van der Waals surface area contributed by atoms with Crippen molar-refractivity contribution in [2.75, 3.05) is 6.54 Å². The number of H-pyrrole nitrogens is 1. The molecule has 3 heterocycles. The molecule has 5 heteroatoms. The Morgan fingerprint density at radius 1 is 1.15 bits per heavy atom. The van der Waals surface area contributed by atoms with E-state index >= 15 is 0 Å². The summed E-state index contributed by atoms with van der Waals surface area (Å²) >= 11 is 0. The fraction of sp³-hybridized carbons (Fsp3) is 0.318. The van der Waals surface area contributed by atoms with E-state index in [0.29, 0.717) is 6.42 Å². The summed E-state index contributed by atoms with van der Waals surface area (Å²) in [6.07, 6.45) is 8.99. The zero-order valence-corrected chi connectivity index (χ0v) is 15.6. The molecule has 0 aliphatic carbocycles. The number of nitrogens with one attached hydrogen (secondary N) is 1. The number of aryl methyl sites for hydroxylation is 1. The fourth-order valence-corrected chi connectivity index (χ4v) is 3.82. The van der Waals surface area contributed by atoms with Crippen LogP contribution in [-0.2, 0) is 11.2 Å². The quantitative estimate of drug-likeness (QED) is 0.763. The molecule has 0 radical (unpaired) electrons. The molecule has 1 aliphatic rings. The molecule has 1 N–H and O–H groups in total. The third-order valence-corrected chi connectivity index (χ3v) is 5.29. The average molecular weight is 360 g/mol. The van der Waals surface area contributed by atoms with Gasteiger partial charge in [0.25, 0.3) is 0 Å². The number of nitrogens with zero attached hydrogens (tertiary/aromatic N) is 3. The number of rotatable bonds is 4. The van der Waals surface area contributed by atoms with Crippen molar-refractivity contribution < 1.29 is 4.79 Å². The van der Waals surface area contributed by atoms with Crippen LogP contribution in [0.5, 0.6) is 0 Å². The summed E-state index contributed by atoms with van der Waals surface area (Å²) < 4.78 is 0. The maximum Gasteiger partial charge on any atom is 0.227 e. The Bertz CT molecular complexity index is 902. The van der Waals surface area contributed by atoms with Gasteiger partial charge in [0.05, 0.1) is 24.4 Å². The van der Waals surface area contributed by atoms with Gasteiger partial charge in [0.15, 0.2) is 0 Å². The van der Waals surface area contributed by atoms with E-state index in [1.807, 2.05) is 35.4 Å². The Morgan fingerprint density at radius 2 is 1.93 bits per heavy atom. The van der Waals surface area contributed by atoms with Crippen LogP contribution in [0, 0.1) is 6.92 Å². The first kappa shape index (κ1) is 17.5. The van der Waals surface area contributed by atoms with Crippen LogP contribution in [0.15, 0.2) is 55.0 Å². The summed E-state index contributed by atoms with van der Waals surface area (Å²) in [4.78, 5) is 19.2. The van der Waals surface area contributed by atoms with Gasteiger partial charge in [-0.15, -0.1) is 0 Å². The lowest BCUT2D eigenvalue weighted by atomic mass is 9.94. The van der Waals surface area contributed by atoms with E-state index in [1.165, 1.54) is 5.56 Å². The van der Waals surface area contributed by atoms with Crippen molar-refractivity contribution in [2.24, 2.45) is 0 Å². The summed E-state index contributed by atoms with van der Waals surface area (Å²) in [7, 11) is 0. The molecule has 0 unspecified atom stereocenters. The molecule has 0 bridgehead atoms. The van der Waals surface area contributed by atoms with Crippen LogP contribution in [0.4, 0.5) is 0 Å². The Labute approximate surface area is 159 Å². The molecule has 5 nitrogen and oxygen atoms in total. The maximum absolute atomic E-state index is 13.1. The van der Waals surface area contributed by atoms with Gasteiger partial charge in [0, 0.05) is 24.5 Å². The van der Waals surface area contributed by atoms with E-state index in [0.717, 1.165) is 48.2 Å². The number of hydrogen-bond acceptors (Lipinski definition) is 3. The van der Waals surface area contributed by atoms with Gasteiger partial charge in [0.2, 0.25) is 5.91 Å². The highest BCUT2D eigenvalue weighted by Gasteiger charge is 2.30. The first-order valence-electron chi connectivity index (χ1n) is 9.51. The smallest absolute Gasteiger partial charge is 0.227 e. The molecule has 2 aromatic heterocycles. The minimum absolute atomic E-state index is 0.0439. The van der Waals surface area contributed by atoms with Crippen molar-refractivity contribution in [1.29, 1.82) is 0 Å². The summed E-state index contributed by atoms with van der Waals surface area (Å²) in [5.41, 5.74) is 5.43. The van der Waals surface area contributed by atoms with Gasteiger partial charge in [-0.3, -0.25) is 14.9 Å². The van der Waals surface area contributed by atoms with Crippen LogP contribution in [0.3, 0.4) is 0 Å². The van der Waals surface area contributed by atoms with Crippen molar-refractivity contribution in [2.45, 2.75) is 38.6 Å². The first-order valence-corrected chi connectivity index (χ1v) is 9.51. The van der Waals surface area contributed by atoms with Gasteiger partial charge in [-0.1, -0.05) is 29.8 Å². The van der Waals surface area contributed by atoms with E-state index < -0.39 is 0 Å². The number of pyridine rings is 1. The van der Waals surface area contributed by atoms with E-state index in [9.17, 15) is 4.79 Å². The number of aromatic amines is 1. The molecule has 1 aliphatic heterocycles. The molecule has 1 saturated heterocycles. The summed E-state index contributed by atoms with van der Waals surface area (Å²) in [5.74, 6) is 0.179. The summed E-state index contributed by atoms with van der Waals surface area (Å²) in [6.45, 7) is 2.86. The van der Waals surface area contributed by atoms with E-state index in [-0.39, 0.29) is 11.9 Å². The van der Waals surface area contributed by atoms with Crippen molar-refractivity contribution in [1.82, 2.24) is 20.1 Å². The molecule has 3 aromatic rings. The first-order chi connectivity index (χ1) is 13.2. The molecular formula is C22H24N4O. The van der Waals surface area contributed by atoms with Gasteiger partial charge in [-0.05, 0) is 49.4 Å². The zero-order valence-electron chi connectivity index (χ0n) is 15.6. The second-order valence-corrected chi connectivity index (χ2v) is 7.19. The topological polar surface area (TPSA) is 61.9 Å². The van der Waals surface area contributed by atoms with Gasteiger partial charge < -0.3 is 4.90 Å². The van der Waals surface area contributed by atoms with Crippen molar-refractivity contribution in [3.8, 4) is 11.1 Å². The fourth-order valence-electron chi connectivity index (χ4n) is 3.82. The number of aromatic nitrogens is 3. The minimum Gasteiger partial charge on any atom is -0.334 e. The highest BCUT2D eigenvalue weighted by Crippen LogP contribution is 2.35. The molecule has 4 rings (SSSR count). The third-order valence-electron chi connectivity index (χ3n) is 5.29. The summed E-state index contributed by atoms with van der Waals surface area (Å²) in [6, 6.07) is 12.2. The van der Waals surface area contributed by atoms with Gasteiger partial charge in [-0.2, -0.15) is 5.10 Å². The monoisotopic (exact) mass is 360 g/mol. The Morgan fingerprint density at radius 3 is 2.70 bits per heavy atom. The molecule has 27 heavy (non-hydrogen) atoms. The highest BCUT2D eigenvalue weighted by atomic mass is 16.2. The van der Waals surface area contributed by atoms with Crippen LogP contribution in [0.2, 0.25) is 0 Å². The number of hydrogen-bond donors (Lipinski definition) is 1. The highest BCUT2D eigenvalue weighted by molar-refractivity contribution is 5.80. The molecular weight excluding hydrogens is 336 g/mol. The molecule has 138 valence electrons. The molecule has 1 atom stereocenters. The SMILES string of the molecule is Cc1ccc(CC(=O)N2CCCC[C@@H]2c2[nH]ncc2-c2ccncc2)cc1. The van der Waals surface area contributed by atoms with Crippen molar-refractivity contribution in [3.05, 3.63) is 71.8 Å². The molecule has 0 spiro atoms. The lowest BCUT2D eigenvalue weighted by molar-refractivity contribution is -0.134. The number of carbonyl (C=O) groups excluding carboxylic acids is 1. The van der Waals surface area contributed by atoms with E-state index in [1.54, 1.807) is 12.4 Å². The van der Waals surface area contributed by atoms with Gasteiger partial charge >= 0.3 is 0 Å². The molecule has 1 aromatic carbocycles. The standard InChI is InChI=1S/C22H24N4O/c1-16-5-7-17(8-6-16)14-21(27)26-13-3-2-4-20(26)22-19(15-24-25-22)18-9-11-23-12-10-18/h5-12,15,20H,2-4,13-14H2,1H3,(H,24,25)/t20-/m1/s1. The third kappa shape index (κ3) is 3.77. The van der Waals surface area contributed by atoms with Crippen LogP contribution in [-0.4, -0.2) is 32.5 Å². The van der Waals surface area contributed by atoms with E-state index in [4.69, 9.17) is 0 Å². The Kier molecular flexibility index (Phi) is 5.01. The normalized spacial score (nSPS) is 17.1. The largest absolute Gasteiger partial charge is 0.334 e. The van der Waals surface area contributed by atoms with Gasteiger partial charge in [0.1, 0.15) is 0 Å². The van der Waals surface area contributed by atoms with Crippen LogP contribution >= 0.6 is 0 Å². The van der Waals surface area contributed by atoms with Crippen molar-refractivity contribution in [3.63, 3.8) is 0 Å². The van der Waals surface area contributed by atoms with Gasteiger partial charge in [-0.25, -0.2) is 0 Å². The Hall–Kier alpha value is -2.95. The number of amides is 1. The number of benzene rings is 1. The number of piperidine rings is 1. The van der Waals surface area contributed by atoms with E-state index in [2.05, 4.69) is 34.2 Å².